The van der Waals surface area contributed by atoms with E-state index in [-0.39, 0.29) is 5.92 Å². The van der Waals surface area contributed by atoms with Crippen molar-refractivity contribution in [3.63, 3.8) is 0 Å². The fraction of sp³-hybridized carbons (Fsp3) is 0.700. The highest BCUT2D eigenvalue weighted by Crippen LogP contribution is 2.03. The Labute approximate surface area is 75.0 Å². The maximum Gasteiger partial charge on any atom is 0.139 e. The molecule has 0 amide bonds. The van der Waals surface area contributed by atoms with E-state index in [0.29, 0.717) is 12.2 Å². The number of hydrogen-bond acceptors (Lipinski definition) is 2. The molecule has 0 heterocycles. The lowest BCUT2D eigenvalue weighted by Gasteiger charge is -2.04. The Kier molecular flexibility index (Phi) is 5.43. The minimum Gasteiger partial charge on any atom is -0.392 e. The predicted molar refractivity (Wildman–Crippen MR) is 51.9 cm³/mol. The Morgan fingerprint density at radius 3 is 2.42 bits per heavy atom. The maximum absolute atomic E-state index is 11.2. The van der Waals surface area contributed by atoms with Crippen LogP contribution in [0.25, 0.3) is 0 Å². The van der Waals surface area contributed by atoms with Crippen molar-refractivity contribution in [1.82, 2.24) is 5.32 Å². The van der Waals surface area contributed by atoms with E-state index in [1.54, 1.807) is 0 Å². The van der Waals surface area contributed by atoms with Gasteiger partial charge < -0.3 is 5.32 Å². The first kappa shape index (κ1) is 11.2. The molecule has 0 fully saturated rings. The van der Waals surface area contributed by atoms with Gasteiger partial charge in [0, 0.05) is 25.1 Å². The van der Waals surface area contributed by atoms with Gasteiger partial charge >= 0.3 is 0 Å². The van der Waals surface area contributed by atoms with E-state index < -0.39 is 0 Å². The molecule has 2 nitrogen and oxygen atoms in total. The Bertz CT molecular complexity index is 165. The van der Waals surface area contributed by atoms with Gasteiger partial charge in [-0.3, -0.25) is 4.79 Å². The van der Waals surface area contributed by atoms with Crippen molar-refractivity contribution < 1.29 is 4.79 Å². The number of Topliss-reactive ketones (excluding diaryl/α,β-unsaturated/α-hetero) is 1. The molecule has 0 radical (unpaired) electrons. The fourth-order valence-corrected chi connectivity index (χ4v) is 0.883. The molecule has 2 heteroatoms. The van der Waals surface area contributed by atoms with Gasteiger partial charge in [-0.1, -0.05) is 26.8 Å². The van der Waals surface area contributed by atoms with Gasteiger partial charge in [-0.05, 0) is 6.42 Å². The molecule has 0 rings (SSSR count). The second kappa shape index (κ2) is 5.81. The summed E-state index contributed by atoms with van der Waals surface area (Å²) in [5.74, 6) is 0.451. The van der Waals surface area contributed by atoms with E-state index >= 15 is 0 Å². The number of nitrogens with one attached hydrogen (secondary N) is 1. The third kappa shape index (κ3) is 4.16. The van der Waals surface area contributed by atoms with E-state index in [1.165, 1.54) is 0 Å². The Balaban J connectivity index is 3.93. The summed E-state index contributed by atoms with van der Waals surface area (Å²) in [4.78, 5) is 11.2. The van der Waals surface area contributed by atoms with Crippen LogP contribution in [0.15, 0.2) is 11.8 Å². The third-order valence-electron chi connectivity index (χ3n) is 1.90. The second-order valence-corrected chi connectivity index (χ2v) is 3.16. The van der Waals surface area contributed by atoms with Crippen LogP contribution in [0.2, 0.25) is 0 Å². The molecule has 0 unspecified atom stereocenters. The molecule has 0 aromatic carbocycles. The average molecular weight is 169 g/mol. The molecule has 1 N–H and O–H groups in total. The van der Waals surface area contributed by atoms with Crippen LogP contribution >= 0.6 is 0 Å². The summed E-state index contributed by atoms with van der Waals surface area (Å²) in [6, 6.07) is 0. The summed E-state index contributed by atoms with van der Waals surface area (Å²) in [6.07, 6.45) is 3.49. The zero-order valence-electron chi connectivity index (χ0n) is 8.48. The molecule has 0 bridgehead atoms. The smallest absolute Gasteiger partial charge is 0.139 e. The van der Waals surface area contributed by atoms with Crippen molar-refractivity contribution in [2.24, 2.45) is 5.92 Å². The fourth-order valence-electron chi connectivity index (χ4n) is 0.883. The van der Waals surface area contributed by atoms with Crippen LogP contribution in [-0.2, 0) is 4.79 Å². The van der Waals surface area contributed by atoms with Crippen LogP contribution < -0.4 is 5.32 Å². The summed E-state index contributed by atoms with van der Waals surface area (Å²) in [5, 5.41) is 3.05. The van der Waals surface area contributed by atoms with Crippen molar-refractivity contribution in [2.75, 3.05) is 7.05 Å². The van der Waals surface area contributed by atoms with Crippen molar-refractivity contribution >= 4 is 5.78 Å². The van der Waals surface area contributed by atoms with Crippen LogP contribution in [0, 0.1) is 5.92 Å². The van der Waals surface area contributed by atoms with E-state index in [1.807, 2.05) is 27.0 Å². The molecule has 0 aromatic heterocycles. The van der Waals surface area contributed by atoms with Gasteiger partial charge in [-0.2, -0.15) is 0 Å². The molecule has 0 spiro atoms. The first-order valence-electron chi connectivity index (χ1n) is 4.51. The number of carbonyl (C=O) groups is 1. The molecule has 0 saturated heterocycles. The third-order valence-corrected chi connectivity index (χ3v) is 1.90. The highest BCUT2D eigenvalue weighted by Gasteiger charge is 2.04. The van der Waals surface area contributed by atoms with Crippen LogP contribution in [0.5, 0.6) is 0 Å². The topological polar surface area (TPSA) is 29.1 Å². The minimum absolute atomic E-state index is 0.149. The number of carbonyl (C=O) groups excluding carboxylic acids is 1. The lowest BCUT2D eigenvalue weighted by atomic mass is 10.1. The SMILES string of the molecule is CCC(=CCC(=O)C(C)C)NC. The molecular weight excluding hydrogens is 150 g/mol. The summed E-state index contributed by atoms with van der Waals surface area (Å²) >= 11 is 0. The largest absolute Gasteiger partial charge is 0.392 e. The molecule has 0 aliphatic carbocycles. The molecule has 0 atom stereocenters. The Morgan fingerprint density at radius 2 is 2.08 bits per heavy atom. The molecule has 0 aliphatic heterocycles. The van der Waals surface area contributed by atoms with Gasteiger partial charge in [0.05, 0.1) is 0 Å². The van der Waals surface area contributed by atoms with Crippen molar-refractivity contribution in [3.05, 3.63) is 11.8 Å². The number of rotatable bonds is 5. The van der Waals surface area contributed by atoms with Crippen LogP contribution in [0.3, 0.4) is 0 Å². The highest BCUT2D eigenvalue weighted by atomic mass is 16.1. The lowest BCUT2D eigenvalue weighted by molar-refractivity contribution is -0.121. The van der Waals surface area contributed by atoms with E-state index in [0.717, 1.165) is 12.1 Å². The molecular formula is C10H19NO. The van der Waals surface area contributed by atoms with Gasteiger partial charge in [0.1, 0.15) is 5.78 Å². The van der Waals surface area contributed by atoms with Gasteiger partial charge in [0.15, 0.2) is 0 Å². The summed E-state index contributed by atoms with van der Waals surface area (Å²) in [5.41, 5.74) is 1.14. The maximum atomic E-state index is 11.2. The van der Waals surface area contributed by atoms with Crippen LogP contribution in [0.1, 0.15) is 33.6 Å². The van der Waals surface area contributed by atoms with E-state index in [2.05, 4.69) is 12.2 Å². The monoisotopic (exact) mass is 169 g/mol. The number of ketones is 1. The summed E-state index contributed by atoms with van der Waals surface area (Å²) < 4.78 is 0. The first-order chi connectivity index (χ1) is 5.61. The minimum atomic E-state index is 0.149. The van der Waals surface area contributed by atoms with Crippen LogP contribution in [0.4, 0.5) is 0 Å². The van der Waals surface area contributed by atoms with Crippen molar-refractivity contribution in [3.8, 4) is 0 Å². The first-order valence-corrected chi connectivity index (χ1v) is 4.51. The van der Waals surface area contributed by atoms with Gasteiger partial charge in [0.25, 0.3) is 0 Å². The molecule has 0 aliphatic rings. The number of hydrogen-bond donors (Lipinski definition) is 1. The summed E-state index contributed by atoms with van der Waals surface area (Å²) in [7, 11) is 1.88. The van der Waals surface area contributed by atoms with Gasteiger partial charge in [0.2, 0.25) is 0 Å². The molecule has 0 saturated carbocycles. The highest BCUT2D eigenvalue weighted by molar-refractivity contribution is 5.81. The lowest BCUT2D eigenvalue weighted by Crippen LogP contribution is -2.08. The van der Waals surface area contributed by atoms with Crippen molar-refractivity contribution in [1.29, 1.82) is 0 Å². The Morgan fingerprint density at radius 1 is 1.50 bits per heavy atom. The van der Waals surface area contributed by atoms with E-state index in [4.69, 9.17) is 0 Å². The van der Waals surface area contributed by atoms with Crippen LogP contribution in [-0.4, -0.2) is 12.8 Å². The molecule has 0 aromatic rings. The second-order valence-electron chi connectivity index (χ2n) is 3.16. The van der Waals surface area contributed by atoms with Crippen molar-refractivity contribution in [2.45, 2.75) is 33.6 Å². The zero-order chi connectivity index (χ0) is 9.56. The average Bonchev–Trinajstić information content (AvgIpc) is 2.05. The standard InChI is InChI=1S/C10H19NO/c1-5-9(11-4)6-7-10(12)8(2)3/h6,8,11H,5,7H2,1-4H3. The Hall–Kier alpha value is -0.790. The number of allylic oxidation sites excluding steroid dienone is 2. The molecule has 70 valence electrons. The summed E-state index contributed by atoms with van der Waals surface area (Å²) in [6.45, 7) is 5.94. The molecule has 12 heavy (non-hydrogen) atoms. The van der Waals surface area contributed by atoms with Gasteiger partial charge in [-0.25, -0.2) is 0 Å². The normalized spacial score (nSPS) is 11.9. The van der Waals surface area contributed by atoms with Gasteiger partial charge in [-0.15, -0.1) is 0 Å². The zero-order valence-corrected chi connectivity index (χ0v) is 8.48. The predicted octanol–water partition coefficient (Wildman–Crippen LogP) is 2.11. The van der Waals surface area contributed by atoms with E-state index in [9.17, 15) is 4.79 Å². The quantitative estimate of drug-likeness (QED) is 0.683.